The molecule has 5 heteroatoms. The molecule has 0 saturated heterocycles. The summed E-state index contributed by atoms with van der Waals surface area (Å²) in [6, 6.07) is 4.87. The summed E-state index contributed by atoms with van der Waals surface area (Å²) in [5.41, 5.74) is 0.256. The predicted octanol–water partition coefficient (Wildman–Crippen LogP) is 2.45. The van der Waals surface area contributed by atoms with E-state index in [1.807, 2.05) is 13.0 Å². The van der Waals surface area contributed by atoms with Crippen LogP contribution in [0.15, 0.2) is 16.6 Å². The number of hydrogen-bond acceptors (Lipinski definition) is 3. The van der Waals surface area contributed by atoms with E-state index in [-0.39, 0.29) is 21.9 Å². The van der Waals surface area contributed by atoms with Gasteiger partial charge in [0.2, 0.25) is 0 Å². The second-order valence-corrected chi connectivity index (χ2v) is 4.13. The fraction of sp³-hybridized carbons (Fsp3) is 0.364. The van der Waals surface area contributed by atoms with Gasteiger partial charge in [0.25, 0.3) is 0 Å². The maximum absolute atomic E-state index is 13.7. The first-order valence-electron chi connectivity index (χ1n) is 4.79. The lowest BCUT2D eigenvalue weighted by atomic mass is 10.2. The summed E-state index contributed by atoms with van der Waals surface area (Å²) in [6.07, 6.45) is -0.140. The Morgan fingerprint density at radius 2 is 2.31 bits per heavy atom. The number of nitrogens with one attached hydrogen (secondary N) is 1. The summed E-state index contributed by atoms with van der Waals surface area (Å²) in [4.78, 5) is 0. The Hall–Kier alpha value is -1.12. The summed E-state index contributed by atoms with van der Waals surface area (Å²) >= 11 is 3.03. The van der Waals surface area contributed by atoms with Gasteiger partial charge in [-0.25, -0.2) is 4.39 Å². The van der Waals surface area contributed by atoms with Gasteiger partial charge >= 0.3 is 0 Å². The number of ether oxygens (including phenoxy) is 1. The van der Waals surface area contributed by atoms with Gasteiger partial charge in [-0.2, -0.15) is 5.26 Å². The van der Waals surface area contributed by atoms with Crippen LogP contribution in [0.4, 0.5) is 4.39 Å². The molecule has 0 aliphatic heterocycles. The van der Waals surface area contributed by atoms with Crippen LogP contribution in [-0.4, -0.2) is 19.7 Å². The molecule has 1 aromatic rings. The molecule has 0 aliphatic carbocycles. The van der Waals surface area contributed by atoms with Crippen LogP contribution in [-0.2, 0) is 0 Å². The number of likely N-dealkylation sites (N-methyl/N-ethyl adjacent to an activating group) is 1. The molecule has 0 heterocycles. The van der Waals surface area contributed by atoms with Crippen molar-refractivity contribution < 1.29 is 9.13 Å². The van der Waals surface area contributed by atoms with Gasteiger partial charge in [-0.3, -0.25) is 0 Å². The second-order valence-electron chi connectivity index (χ2n) is 3.34. The molecule has 16 heavy (non-hydrogen) atoms. The van der Waals surface area contributed by atoms with Crippen LogP contribution in [0.5, 0.6) is 5.75 Å². The standard InChI is InChI=1S/C11H12BrFN2O/c1-7(6-15-2)16-9-4-3-8(5-14)10(12)11(9)13/h3-4,7,15H,6H2,1-2H3. The maximum Gasteiger partial charge on any atom is 0.180 e. The van der Waals surface area contributed by atoms with Crippen molar-refractivity contribution in [3.05, 3.63) is 28.0 Å². The Morgan fingerprint density at radius 1 is 1.62 bits per heavy atom. The summed E-state index contributed by atoms with van der Waals surface area (Å²) in [5.74, 6) is -0.393. The van der Waals surface area contributed by atoms with E-state index in [1.165, 1.54) is 12.1 Å². The van der Waals surface area contributed by atoms with Gasteiger partial charge < -0.3 is 10.1 Å². The second kappa shape index (κ2) is 5.83. The summed E-state index contributed by atoms with van der Waals surface area (Å²) in [6.45, 7) is 2.46. The number of nitriles is 1. The molecule has 0 saturated carbocycles. The molecule has 1 atom stereocenters. The average molecular weight is 287 g/mol. The lowest BCUT2D eigenvalue weighted by molar-refractivity contribution is 0.210. The number of nitrogens with zero attached hydrogens (tertiary/aromatic N) is 1. The third-order valence-corrected chi connectivity index (χ3v) is 2.76. The molecule has 0 aliphatic rings. The van der Waals surface area contributed by atoms with E-state index in [0.717, 1.165) is 0 Å². The minimum Gasteiger partial charge on any atom is -0.486 e. The van der Waals surface area contributed by atoms with Gasteiger partial charge in [-0.1, -0.05) is 0 Å². The highest BCUT2D eigenvalue weighted by molar-refractivity contribution is 9.10. The molecular weight excluding hydrogens is 275 g/mol. The van der Waals surface area contributed by atoms with Crippen LogP contribution < -0.4 is 10.1 Å². The van der Waals surface area contributed by atoms with E-state index in [2.05, 4.69) is 21.2 Å². The third kappa shape index (κ3) is 2.94. The van der Waals surface area contributed by atoms with E-state index in [4.69, 9.17) is 10.00 Å². The molecule has 0 radical (unpaired) electrons. The van der Waals surface area contributed by atoms with Crippen molar-refractivity contribution in [1.82, 2.24) is 5.32 Å². The van der Waals surface area contributed by atoms with Crippen molar-refractivity contribution in [2.75, 3.05) is 13.6 Å². The van der Waals surface area contributed by atoms with Crippen LogP contribution in [0.25, 0.3) is 0 Å². The Bertz CT molecular complexity index is 417. The maximum atomic E-state index is 13.7. The third-order valence-electron chi connectivity index (χ3n) is 1.99. The van der Waals surface area contributed by atoms with Crippen LogP contribution >= 0.6 is 15.9 Å². The molecule has 0 spiro atoms. The quantitative estimate of drug-likeness (QED) is 0.925. The zero-order chi connectivity index (χ0) is 12.1. The number of hydrogen-bond donors (Lipinski definition) is 1. The zero-order valence-corrected chi connectivity index (χ0v) is 10.6. The van der Waals surface area contributed by atoms with Crippen molar-refractivity contribution in [3.8, 4) is 11.8 Å². The SMILES string of the molecule is CNCC(C)Oc1ccc(C#N)c(Br)c1F. The predicted molar refractivity (Wildman–Crippen MR) is 62.8 cm³/mol. The summed E-state index contributed by atoms with van der Waals surface area (Å²) in [7, 11) is 1.80. The molecule has 1 unspecified atom stereocenters. The fourth-order valence-corrected chi connectivity index (χ4v) is 1.67. The van der Waals surface area contributed by atoms with Crippen molar-refractivity contribution in [3.63, 3.8) is 0 Å². The molecule has 1 rings (SSSR count). The normalized spacial score (nSPS) is 11.9. The average Bonchev–Trinajstić information content (AvgIpc) is 2.25. The molecule has 0 fully saturated rings. The Labute approximate surface area is 102 Å². The van der Waals surface area contributed by atoms with Crippen LogP contribution in [0.1, 0.15) is 12.5 Å². The Kier molecular flexibility index (Phi) is 4.71. The van der Waals surface area contributed by atoms with Crippen molar-refractivity contribution >= 4 is 15.9 Å². The van der Waals surface area contributed by atoms with Crippen LogP contribution in [0, 0.1) is 17.1 Å². The lowest BCUT2D eigenvalue weighted by Crippen LogP contribution is -2.26. The first kappa shape index (κ1) is 12.9. The zero-order valence-electron chi connectivity index (χ0n) is 9.05. The highest BCUT2D eigenvalue weighted by Crippen LogP contribution is 2.28. The summed E-state index contributed by atoms with van der Waals surface area (Å²) < 4.78 is 19.2. The van der Waals surface area contributed by atoms with Crippen LogP contribution in [0.2, 0.25) is 0 Å². The van der Waals surface area contributed by atoms with Crippen molar-refractivity contribution in [1.29, 1.82) is 5.26 Å². The van der Waals surface area contributed by atoms with E-state index in [1.54, 1.807) is 7.05 Å². The largest absolute Gasteiger partial charge is 0.486 e. The van der Waals surface area contributed by atoms with Gasteiger partial charge in [0.1, 0.15) is 12.2 Å². The first-order valence-corrected chi connectivity index (χ1v) is 5.58. The van der Waals surface area contributed by atoms with Gasteiger partial charge in [0.15, 0.2) is 11.6 Å². The number of halogens is 2. The minimum absolute atomic E-state index is 0.140. The number of rotatable bonds is 4. The highest BCUT2D eigenvalue weighted by atomic mass is 79.9. The van der Waals surface area contributed by atoms with Gasteiger partial charge in [-0.15, -0.1) is 0 Å². The van der Waals surface area contributed by atoms with Gasteiger partial charge in [0.05, 0.1) is 10.0 Å². The smallest absolute Gasteiger partial charge is 0.180 e. The topological polar surface area (TPSA) is 45.0 Å². The molecule has 1 aromatic carbocycles. The number of benzene rings is 1. The fourth-order valence-electron chi connectivity index (χ4n) is 1.25. The van der Waals surface area contributed by atoms with Crippen LogP contribution in [0.3, 0.4) is 0 Å². The van der Waals surface area contributed by atoms with Gasteiger partial charge in [-0.05, 0) is 42.0 Å². The monoisotopic (exact) mass is 286 g/mol. The summed E-state index contributed by atoms with van der Waals surface area (Å²) in [5, 5.41) is 11.6. The molecule has 0 bridgehead atoms. The molecule has 86 valence electrons. The molecule has 0 aromatic heterocycles. The molecule has 0 amide bonds. The van der Waals surface area contributed by atoms with Crippen molar-refractivity contribution in [2.24, 2.45) is 0 Å². The van der Waals surface area contributed by atoms with Gasteiger partial charge in [0, 0.05) is 6.54 Å². The minimum atomic E-state index is -0.540. The lowest BCUT2D eigenvalue weighted by Gasteiger charge is -2.15. The first-order chi connectivity index (χ1) is 7.60. The molecular formula is C11H12BrFN2O. The molecule has 3 nitrogen and oxygen atoms in total. The van der Waals surface area contributed by atoms with E-state index >= 15 is 0 Å². The van der Waals surface area contributed by atoms with E-state index < -0.39 is 5.82 Å². The molecule has 1 N–H and O–H groups in total. The highest BCUT2D eigenvalue weighted by Gasteiger charge is 2.14. The Balaban J connectivity index is 2.91. The Morgan fingerprint density at radius 3 is 2.88 bits per heavy atom. The van der Waals surface area contributed by atoms with E-state index in [9.17, 15) is 4.39 Å². The van der Waals surface area contributed by atoms with E-state index in [0.29, 0.717) is 6.54 Å². The van der Waals surface area contributed by atoms with Crippen molar-refractivity contribution in [2.45, 2.75) is 13.0 Å².